The average Bonchev–Trinajstić information content (AvgIpc) is 2.84. The molecule has 0 aliphatic carbocycles. The molecule has 0 radical (unpaired) electrons. The van der Waals surface area contributed by atoms with Gasteiger partial charge in [0, 0.05) is 29.3 Å². The molecule has 3 heterocycles. The fourth-order valence-corrected chi connectivity index (χ4v) is 4.09. The van der Waals surface area contributed by atoms with Gasteiger partial charge in [0.2, 0.25) is 5.78 Å². The highest BCUT2D eigenvalue weighted by molar-refractivity contribution is 6.35. The van der Waals surface area contributed by atoms with Gasteiger partial charge in [-0.2, -0.15) is 0 Å². The Bertz CT molecular complexity index is 1310. The smallest absolute Gasteiger partial charge is 0.204 e. The number of ether oxygens (including phenoxy) is 1. The van der Waals surface area contributed by atoms with E-state index < -0.39 is 6.04 Å². The molecular formula is C24H20ClN5O2. The molecule has 32 heavy (non-hydrogen) atoms. The molecule has 5 rings (SSSR count). The van der Waals surface area contributed by atoms with E-state index in [0.717, 1.165) is 16.5 Å². The van der Waals surface area contributed by atoms with Crippen LogP contribution in [-0.2, 0) is 4.74 Å². The van der Waals surface area contributed by atoms with Crippen LogP contribution in [0.15, 0.2) is 60.8 Å². The number of hydrogen-bond acceptors (Lipinski definition) is 7. The lowest BCUT2D eigenvalue weighted by Crippen LogP contribution is -2.47. The van der Waals surface area contributed by atoms with E-state index in [1.807, 2.05) is 48.5 Å². The van der Waals surface area contributed by atoms with Gasteiger partial charge in [0.15, 0.2) is 11.5 Å². The molecule has 0 amide bonds. The van der Waals surface area contributed by atoms with Crippen LogP contribution in [-0.4, -0.2) is 46.5 Å². The lowest BCUT2D eigenvalue weighted by molar-refractivity contribution is 0.0604. The summed E-state index contributed by atoms with van der Waals surface area (Å²) < 4.78 is 5.44. The number of halogens is 1. The minimum atomic E-state index is -0.514. The molecule has 0 saturated carbocycles. The van der Waals surface area contributed by atoms with E-state index in [2.05, 4.69) is 15.3 Å². The maximum absolute atomic E-state index is 13.2. The Morgan fingerprint density at radius 1 is 1.06 bits per heavy atom. The minimum absolute atomic E-state index is 0.0820. The highest BCUT2D eigenvalue weighted by Crippen LogP contribution is 2.35. The van der Waals surface area contributed by atoms with Crippen molar-refractivity contribution in [2.24, 2.45) is 0 Å². The van der Waals surface area contributed by atoms with Crippen molar-refractivity contribution in [3.05, 3.63) is 71.5 Å². The second kappa shape index (κ2) is 8.63. The van der Waals surface area contributed by atoms with E-state index in [4.69, 9.17) is 27.1 Å². The van der Waals surface area contributed by atoms with Gasteiger partial charge in [-0.3, -0.25) is 9.78 Å². The van der Waals surface area contributed by atoms with Gasteiger partial charge in [-0.05, 0) is 18.2 Å². The monoisotopic (exact) mass is 445 g/mol. The van der Waals surface area contributed by atoms with Crippen molar-refractivity contribution in [1.29, 1.82) is 0 Å². The Morgan fingerprint density at radius 2 is 1.88 bits per heavy atom. The van der Waals surface area contributed by atoms with E-state index in [0.29, 0.717) is 35.1 Å². The van der Waals surface area contributed by atoms with Crippen LogP contribution in [0.4, 0.5) is 5.82 Å². The molecule has 7 nitrogen and oxygen atoms in total. The number of nitrogen functional groups attached to an aromatic ring is 1. The lowest BCUT2D eigenvalue weighted by atomic mass is 10.0. The molecule has 3 N–H and O–H groups in total. The summed E-state index contributed by atoms with van der Waals surface area (Å²) >= 11 is 6.54. The molecule has 2 aromatic heterocycles. The SMILES string of the molecule is Nc1nc(-c2ccccc2)c(-c2cc(Cl)c3ncccc3c2)nc1C(=O)C1COCCN1. The number of nitrogens with one attached hydrogen (secondary N) is 1. The number of carbonyl (C=O) groups excluding carboxylic acids is 1. The number of rotatable bonds is 4. The van der Waals surface area contributed by atoms with Gasteiger partial charge in [0.1, 0.15) is 0 Å². The standard InChI is InChI=1S/C24H20ClN5O2/c25-17-12-16(11-15-7-4-8-28-19(15)17)21-20(14-5-2-1-3-6-14)30-24(26)22(29-21)23(31)18-13-32-10-9-27-18/h1-8,11-12,18,27H,9-10,13H2,(H2,26,30). The summed E-state index contributed by atoms with van der Waals surface area (Å²) in [5.41, 5.74) is 9.71. The number of morpholine rings is 1. The molecule has 1 saturated heterocycles. The van der Waals surface area contributed by atoms with Crippen molar-refractivity contribution >= 4 is 34.1 Å². The van der Waals surface area contributed by atoms with Crippen LogP contribution in [0.3, 0.4) is 0 Å². The highest BCUT2D eigenvalue weighted by Gasteiger charge is 2.28. The largest absolute Gasteiger partial charge is 0.382 e. The van der Waals surface area contributed by atoms with Gasteiger partial charge in [-0.1, -0.05) is 48.0 Å². The number of Topliss-reactive ketones (excluding diaryl/α,β-unsaturated/α-hetero) is 1. The number of hydrogen-bond donors (Lipinski definition) is 2. The lowest BCUT2D eigenvalue weighted by Gasteiger charge is -2.23. The van der Waals surface area contributed by atoms with Crippen molar-refractivity contribution in [2.45, 2.75) is 6.04 Å². The van der Waals surface area contributed by atoms with Gasteiger partial charge in [-0.15, -0.1) is 0 Å². The second-order valence-electron chi connectivity index (χ2n) is 7.50. The summed E-state index contributed by atoms with van der Waals surface area (Å²) in [5.74, 6) is -0.164. The fraction of sp³-hybridized carbons (Fsp3) is 0.167. The number of benzene rings is 2. The quantitative estimate of drug-likeness (QED) is 0.461. The van der Waals surface area contributed by atoms with Crippen LogP contribution >= 0.6 is 11.6 Å². The molecule has 1 aliphatic heterocycles. The normalized spacial score (nSPS) is 16.2. The number of ketones is 1. The first-order chi connectivity index (χ1) is 15.6. The Hall–Kier alpha value is -3.39. The van der Waals surface area contributed by atoms with E-state index >= 15 is 0 Å². The third-order valence-corrected chi connectivity index (χ3v) is 5.66. The molecule has 160 valence electrons. The Kier molecular flexibility index (Phi) is 5.53. The molecule has 1 unspecified atom stereocenters. The van der Waals surface area contributed by atoms with Gasteiger partial charge < -0.3 is 15.8 Å². The number of nitrogens with two attached hydrogens (primary N) is 1. The summed E-state index contributed by atoms with van der Waals surface area (Å²) in [4.78, 5) is 26.9. The molecule has 4 aromatic rings. The third kappa shape index (κ3) is 3.82. The summed E-state index contributed by atoms with van der Waals surface area (Å²) in [6.07, 6.45) is 1.70. The van der Waals surface area contributed by atoms with Crippen molar-refractivity contribution in [3.8, 4) is 22.5 Å². The molecule has 1 fully saturated rings. The molecule has 1 atom stereocenters. The summed E-state index contributed by atoms with van der Waals surface area (Å²) in [6.45, 7) is 1.42. The van der Waals surface area contributed by atoms with E-state index in [1.165, 1.54) is 0 Å². The van der Waals surface area contributed by atoms with Crippen molar-refractivity contribution < 1.29 is 9.53 Å². The number of carbonyl (C=O) groups is 1. The predicted molar refractivity (Wildman–Crippen MR) is 125 cm³/mol. The summed E-state index contributed by atoms with van der Waals surface area (Å²) in [7, 11) is 0. The van der Waals surface area contributed by atoms with Crippen LogP contribution in [0, 0.1) is 0 Å². The maximum atomic E-state index is 13.2. The van der Waals surface area contributed by atoms with Crippen LogP contribution < -0.4 is 11.1 Å². The van der Waals surface area contributed by atoms with Crippen molar-refractivity contribution in [2.75, 3.05) is 25.5 Å². The van der Waals surface area contributed by atoms with Gasteiger partial charge >= 0.3 is 0 Å². The molecule has 1 aliphatic rings. The Labute approximate surface area is 189 Å². The third-order valence-electron chi connectivity index (χ3n) is 5.37. The van der Waals surface area contributed by atoms with Crippen molar-refractivity contribution in [3.63, 3.8) is 0 Å². The first-order valence-electron chi connectivity index (χ1n) is 10.2. The van der Waals surface area contributed by atoms with E-state index in [1.54, 1.807) is 12.3 Å². The van der Waals surface area contributed by atoms with Crippen molar-refractivity contribution in [1.82, 2.24) is 20.3 Å². The zero-order valence-electron chi connectivity index (χ0n) is 17.1. The average molecular weight is 446 g/mol. The molecule has 0 spiro atoms. The van der Waals surface area contributed by atoms with E-state index in [9.17, 15) is 4.79 Å². The molecule has 8 heteroatoms. The van der Waals surface area contributed by atoms with Crippen LogP contribution in [0.1, 0.15) is 10.5 Å². The van der Waals surface area contributed by atoms with Gasteiger partial charge in [-0.25, -0.2) is 9.97 Å². The van der Waals surface area contributed by atoms with Gasteiger partial charge in [0.05, 0.1) is 41.2 Å². The number of aromatic nitrogens is 3. The number of anilines is 1. The van der Waals surface area contributed by atoms with Crippen LogP contribution in [0.2, 0.25) is 5.02 Å². The van der Waals surface area contributed by atoms with Gasteiger partial charge in [0.25, 0.3) is 0 Å². The summed E-state index contributed by atoms with van der Waals surface area (Å²) in [5, 5.41) is 4.51. The number of pyridine rings is 1. The molecular weight excluding hydrogens is 426 g/mol. The molecule has 0 bridgehead atoms. The zero-order valence-corrected chi connectivity index (χ0v) is 17.8. The number of fused-ring (bicyclic) bond motifs is 1. The van der Waals surface area contributed by atoms with Crippen LogP contribution in [0.25, 0.3) is 33.4 Å². The Balaban J connectivity index is 1.71. The zero-order chi connectivity index (χ0) is 22.1. The number of nitrogens with zero attached hydrogens (tertiary/aromatic N) is 3. The first kappa shape index (κ1) is 20.5. The Morgan fingerprint density at radius 3 is 2.66 bits per heavy atom. The van der Waals surface area contributed by atoms with Crippen LogP contribution in [0.5, 0.6) is 0 Å². The topological polar surface area (TPSA) is 103 Å². The highest BCUT2D eigenvalue weighted by atomic mass is 35.5. The predicted octanol–water partition coefficient (Wildman–Crippen LogP) is 3.77. The maximum Gasteiger partial charge on any atom is 0.204 e. The second-order valence-corrected chi connectivity index (χ2v) is 7.91. The minimum Gasteiger partial charge on any atom is -0.382 e. The fourth-order valence-electron chi connectivity index (χ4n) is 3.81. The van der Waals surface area contributed by atoms with E-state index in [-0.39, 0.29) is 23.9 Å². The summed E-state index contributed by atoms with van der Waals surface area (Å²) in [6, 6.07) is 16.6. The molecule has 2 aromatic carbocycles. The first-order valence-corrected chi connectivity index (χ1v) is 10.6.